The molecule has 0 radical (unpaired) electrons. The minimum Gasteiger partial charge on any atom is -0.493 e. The minimum atomic E-state index is -4.06. The maximum atomic E-state index is 13.7. The predicted molar refractivity (Wildman–Crippen MR) is 137 cm³/mol. The SMILES string of the molecule is CCCc1nc(C)n2c(=O)[nH]c(-c3cc(S(=O)(=O)N(CCO)c4ccccc4)ccc3OCC)nc12. The van der Waals surface area contributed by atoms with E-state index in [1.807, 2.05) is 13.8 Å². The number of hydrogen-bond acceptors (Lipinski definition) is 7. The lowest BCUT2D eigenvalue weighted by Gasteiger charge is -2.24. The van der Waals surface area contributed by atoms with Crippen molar-refractivity contribution in [2.75, 3.05) is 24.1 Å². The van der Waals surface area contributed by atoms with Crippen LogP contribution in [0.2, 0.25) is 0 Å². The summed E-state index contributed by atoms with van der Waals surface area (Å²) in [6, 6.07) is 13.0. The molecule has 0 spiro atoms. The number of fused-ring (bicyclic) bond motifs is 1. The molecule has 0 saturated carbocycles. The van der Waals surface area contributed by atoms with Crippen LogP contribution in [0.1, 0.15) is 31.8 Å². The average Bonchev–Trinajstić information content (AvgIpc) is 3.19. The number of ether oxygens (including phenoxy) is 1. The Morgan fingerprint density at radius 1 is 1.11 bits per heavy atom. The highest BCUT2D eigenvalue weighted by Gasteiger charge is 2.27. The summed E-state index contributed by atoms with van der Waals surface area (Å²) in [7, 11) is -4.06. The largest absolute Gasteiger partial charge is 0.493 e. The van der Waals surface area contributed by atoms with Gasteiger partial charge in [0.1, 0.15) is 17.4 Å². The van der Waals surface area contributed by atoms with Gasteiger partial charge in [0.25, 0.3) is 10.0 Å². The molecule has 4 rings (SSSR count). The van der Waals surface area contributed by atoms with E-state index in [1.54, 1.807) is 43.3 Å². The van der Waals surface area contributed by atoms with Gasteiger partial charge < -0.3 is 9.84 Å². The van der Waals surface area contributed by atoms with Crippen molar-refractivity contribution in [1.29, 1.82) is 0 Å². The molecule has 2 aromatic carbocycles. The Kier molecular flexibility index (Phi) is 7.41. The zero-order valence-electron chi connectivity index (χ0n) is 20.4. The molecule has 0 saturated heterocycles. The van der Waals surface area contributed by atoms with Crippen molar-refractivity contribution in [3.05, 3.63) is 70.5 Å². The number of benzene rings is 2. The van der Waals surface area contributed by atoms with E-state index in [-0.39, 0.29) is 23.9 Å². The van der Waals surface area contributed by atoms with E-state index in [1.165, 1.54) is 16.5 Å². The second kappa shape index (κ2) is 10.5. The number of rotatable bonds is 10. The molecule has 0 aliphatic carbocycles. The van der Waals surface area contributed by atoms with E-state index < -0.39 is 15.7 Å². The molecular weight excluding hydrogens is 482 g/mol. The lowest BCUT2D eigenvalue weighted by molar-refractivity contribution is 0.306. The topological polar surface area (TPSA) is 130 Å². The molecular formula is C25H29N5O5S. The van der Waals surface area contributed by atoms with Gasteiger partial charge in [-0.1, -0.05) is 31.5 Å². The number of H-pyrrole nitrogens is 1. The molecule has 0 amide bonds. The molecule has 10 nitrogen and oxygen atoms in total. The maximum absolute atomic E-state index is 13.7. The molecule has 0 aliphatic heterocycles. The zero-order chi connectivity index (χ0) is 25.9. The number of nitrogens with one attached hydrogen (secondary N) is 1. The van der Waals surface area contributed by atoms with E-state index in [9.17, 15) is 18.3 Å². The van der Waals surface area contributed by atoms with Crippen LogP contribution in [0, 0.1) is 6.92 Å². The molecule has 0 bridgehead atoms. The molecule has 2 heterocycles. The highest BCUT2D eigenvalue weighted by atomic mass is 32.2. The fourth-order valence-corrected chi connectivity index (χ4v) is 5.58. The maximum Gasteiger partial charge on any atom is 0.334 e. The van der Waals surface area contributed by atoms with Crippen LogP contribution < -0.4 is 14.7 Å². The fourth-order valence-electron chi connectivity index (χ4n) is 4.09. The quantitative estimate of drug-likeness (QED) is 0.335. The van der Waals surface area contributed by atoms with Crippen LogP contribution >= 0.6 is 0 Å². The monoisotopic (exact) mass is 511 g/mol. The van der Waals surface area contributed by atoms with Crippen LogP contribution in [-0.4, -0.2) is 52.6 Å². The highest BCUT2D eigenvalue weighted by molar-refractivity contribution is 7.92. The Labute approximate surface area is 209 Å². The summed E-state index contributed by atoms with van der Waals surface area (Å²) in [4.78, 5) is 24.9. The molecule has 0 unspecified atom stereocenters. The van der Waals surface area contributed by atoms with Crippen molar-refractivity contribution < 1.29 is 18.3 Å². The van der Waals surface area contributed by atoms with Gasteiger partial charge in [-0.15, -0.1) is 0 Å². The number of aromatic nitrogens is 4. The van der Waals surface area contributed by atoms with Crippen molar-refractivity contribution in [3.8, 4) is 17.1 Å². The van der Waals surface area contributed by atoms with Gasteiger partial charge >= 0.3 is 5.69 Å². The Balaban J connectivity index is 1.91. The van der Waals surface area contributed by atoms with Crippen molar-refractivity contribution in [2.24, 2.45) is 0 Å². The first-order valence-corrected chi connectivity index (χ1v) is 13.2. The summed E-state index contributed by atoms with van der Waals surface area (Å²) in [5, 5.41) is 9.57. The van der Waals surface area contributed by atoms with Gasteiger partial charge in [0, 0.05) is 0 Å². The fraction of sp³-hybridized carbons (Fsp3) is 0.320. The average molecular weight is 512 g/mol. The van der Waals surface area contributed by atoms with Crippen LogP contribution in [-0.2, 0) is 16.4 Å². The van der Waals surface area contributed by atoms with Gasteiger partial charge in [0.05, 0.1) is 41.6 Å². The Hall–Kier alpha value is -3.70. The van der Waals surface area contributed by atoms with Crippen molar-refractivity contribution >= 4 is 21.4 Å². The van der Waals surface area contributed by atoms with Crippen LogP contribution in [0.5, 0.6) is 5.75 Å². The van der Waals surface area contributed by atoms with Crippen molar-refractivity contribution in [1.82, 2.24) is 19.4 Å². The summed E-state index contributed by atoms with van der Waals surface area (Å²) in [6.07, 6.45) is 1.47. The first-order valence-electron chi connectivity index (χ1n) is 11.8. The summed E-state index contributed by atoms with van der Waals surface area (Å²) >= 11 is 0. The Morgan fingerprint density at radius 3 is 2.53 bits per heavy atom. The van der Waals surface area contributed by atoms with Gasteiger partial charge in [-0.25, -0.2) is 27.6 Å². The van der Waals surface area contributed by atoms with Crippen LogP contribution in [0.4, 0.5) is 5.69 Å². The normalized spacial score (nSPS) is 11.7. The van der Waals surface area contributed by atoms with Gasteiger partial charge in [0.2, 0.25) is 0 Å². The van der Waals surface area contributed by atoms with Crippen molar-refractivity contribution in [3.63, 3.8) is 0 Å². The zero-order valence-corrected chi connectivity index (χ0v) is 21.2. The number of anilines is 1. The molecule has 2 aromatic heterocycles. The first-order chi connectivity index (χ1) is 17.3. The molecule has 11 heteroatoms. The number of nitrogens with zero attached hydrogens (tertiary/aromatic N) is 4. The third-order valence-corrected chi connectivity index (χ3v) is 7.49. The van der Waals surface area contributed by atoms with Gasteiger partial charge in [-0.2, -0.15) is 0 Å². The van der Waals surface area contributed by atoms with E-state index in [2.05, 4.69) is 15.0 Å². The van der Waals surface area contributed by atoms with Gasteiger partial charge in [-0.05, 0) is 50.6 Å². The summed E-state index contributed by atoms with van der Waals surface area (Å²) in [5.74, 6) is 1.09. The van der Waals surface area contributed by atoms with Crippen LogP contribution in [0.3, 0.4) is 0 Å². The predicted octanol–water partition coefficient (Wildman–Crippen LogP) is 2.93. The standard InChI is InChI=1S/C25H29N5O5S/c1-4-9-21-24-27-23(28-25(32)30(24)17(3)26-21)20-16-19(12-13-22(20)35-5-2)36(33,34)29(14-15-31)18-10-7-6-8-11-18/h6-8,10-13,16,31H,4-5,9,14-15H2,1-3H3,(H,27,28,32). The summed E-state index contributed by atoms with van der Waals surface area (Å²) in [6.45, 7) is 5.42. The number of aliphatic hydroxyl groups is 1. The molecule has 0 fully saturated rings. The van der Waals surface area contributed by atoms with Gasteiger partial charge in [-0.3, -0.25) is 9.29 Å². The number of imidazole rings is 1. The second-order valence-electron chi connectivity index (χ2n) is 8.13. The summed E-state index contributed by atoms with van der Waals surface area (Å²) < 4.78 is 35.6. The lowest BCUT2D eigenvalue weighted by Crippen LogP contribution is -2.33. The highest BCUT2D eigenvalue weighted by Crippen LogP contribution is 2.33. The number of hydrogen-bond donors (Lipinski definition) is 2. The van der Waals surface area contributed by atoms with Crippen LogP contribution in [0.25, 0.3) is 17.0 Å². The van der Waals surface area contributed by atoms with Crippen molar-refractivity contribution in [2.45, 2.75) is 38.5 Å². The molecule has 0 aliphatic rings. The summed E-state index contributed by atoms with van der Waals surface area (Å²) in [5.41, 5.74) is 1.45. The number of aliphatic hydroxyl groups excluding tert-OH is 1. The van der Waals surface area contributed by atoms with E-state index >= 15 is 0 Å². The molecule has 36 heavy (non-hydrogen) atoms. The van der Waals surface area contributed by atoms with E-state index in [0.29, 0.717) is 47.2 Å². The van der Waals surface area contributed by atoms with E-state index in [0.717, 1.165) is 10.7 Å². The smallest absolute Gasteiger partial charge is 0.334 e. The van der Waals surface area contributed by atoms with Gasteiger partial charge in [0.15, 0.2) is 5.65 Å². The Bertz CT molecular complexity index is 1530. The third kappa shape index (κ3) is 4.71. The number of para-hydroxylation sites is 1. The third-order valence-electron chi connectivity index (χ3n) is 5.66. The molecule has 190 valence electrons. The first kappa shape index (κ1) is 25.4. The van der Waals surface area contributed by atoms with E-state index in [4.69, 9.17) is 4.74 Å². The Morgan fingerprint density at radius 2 is 1.86 bits per heavy atom. The minimum absolute atomic E-state index is 0.0285. The number of aryl methyl sites for hydroxylation is 2. The molecule has 4 aromatic rings. The molecule has 0 atom stereocenters. The lowest BCUT2D eigenvalue weighted by atomic mass is 10.2. The number of sulfonamides is 1. The molecule has 2 N–H and O–H groups in total. The second-order valence-corrected chi connectivity index (χ2v) is 9.99. The number of aromatic amines is 1. The van der Waals surface area contributed by atoms with Crippen LogP contribution in [0.15, 0.2) is 58.2 Å².